The van der Waals surface area contributed by atoms with E-state index in [-0.39, 0.29) is 10.8 Å². The first-order valence-corrected chi connectivity index (χ1v) is 11.9. The molecule has 3 aromatic rings. The number of hydrogen-bond acceptors (Lipinski definition) is 5. The molecule has 2 aromatic heterocycles. The van der Waals surface area contributed by atoms with E-state index in [1.54, 1.807) is 18.2 Å². The van der Waals surface area contributed by atoms with Crippen LogP contribution in [0.25, 0.3) is 5.00 Å². The molecular formula is C21H22N4O3S2. The zero-order valence-corrected chi connectivity index (χ0v) is 18.3. The first kappa shape index (κ1) is 20.4. The van der Waals surface area contributed by atoms with Gasteiger partial charge in [-0.3, -0.25) is 14.5 Å². The van der Waals surface area contributed by atoms with Crippen LogP contribution in [0.3, 0.4) is 0 Å². The molecule has 1 aliphatic heterocycles. The summed E-state index contributed by atoms with van der Waals surface area (Å²) in [7, 11) is -3.74. The van der Waals surface area contributed by atoms with Crippen molar-refractivity contribution in [3.05, 3.63) is 64.8 Å². The van der Waals surface area contributed by atoms with Gasteiger partial charge in [-0.05, 0) is 62.0 Å². The third-order valence-corrected chi connectivity index (χ3v) is 7.17. The van der Waals surface area contributed by atoms with Gasteiger partial charge in [0.25, 0.3) is 15.9 Å². The monoisotopic (exact) mass is 442 g/mol. The summed E-state index contributed by atoms with van der Waals surface area (Å²) in [5, 5.41) is 5.53. The molecule has 1 aliphatic rings. The highest BCUT2D eigenvalue weighted by Crippen LogP contribution is 2.27. The summed E-state index contributed by atoms with van der Waals surface area (Å²) in [6.07, 6.45) is 1.46. The van der Waals surface area contributed by atoms with Gasteiger partial charge in [-0.1, -0.05) is 6.07 Å². The molecule has 1 aromatic carbocycles. The Balaban J connectivity index is 1.57. The van der Waals surface area contributed by atoms with Crippen molar-refractivity contribution in [1.82, 2.24) is 9.29 Å². The van der Waals surface area contributed by atoms with Crippen LogP contribution >= 0.6 is 11.3 Å². The van der Waals surface area contributed by atoms with Gasteiger partial charge >= 0.3 is 0 Å². The number of rotatable bonds is 5. The molecule has 0 spiro atoms. The molecule has 0 bridgehead atoms. The second-order valence-corrected chi connectivity index (χ2v) is 9.69. The maximum absolute atomic E-state index is 13.0. The maximum atomic E-state index is 13.0. The van der Waals surface area contributed by atoms with Crippen LogP contribution in [-0.2, 0) is 10.0 Å². The maximum Gasteiger partial charge on any atom is 0.262 e. The smallest absolute Gasteiger partial charge is 0.262 e. The third-order valence-electron chi connectivity index (χ3n) is 4.89. The number of benzene rings is 1. The molecule has 156 valence electrons. The number of aromatic nitrogens is 1. The highest BCUT2D eigenvalue weighted by atomic mass is 32.2. The van der Waals surface area contributed by atoms with E-state index in [1.807, 2.05) is 35.9 Å². The predicted octanol–water partition coefficient (Wildman–Crippen LogP) is 3.88. The van der Waals surface area contributed by atoms with Gasteiger partial charge in [0, 0.05) is 30.0 Å². The lowest BCUT2D eigenvalue weighted by Gasteiger charge is -2.12. The molecule has 0 atom stereocenters. The van der Waals surface area contributed by atoms with Crippen LogP contribution in [0, 0.1) is 13.8 Å². The number of carbonyl (C=O) groups excluding carboxylic acids is 1. The van der Waals surface area contributed by atoms with Gasteiger partial charge in [0.2, 0.25) is 0 Å². The lowest BCUT2D eigenvalue weighted by atomic mass is 10.2. The van der Waals surface area contributed by atoms with Crippen LogP contribution in [-0.4, -0.2) is 31.3 Å². The summed E-state index contributed by atoms with van der Waals surface area (Å²) in [6, 6.07) is 12.0. The quantitative estimate of drug-likeness (QED) is 0.628. The number of nitrogens with zero attached hydrogens (tertiary/aromatic N) is 2. The van der Waals surface area contributed by atoms with Gasteiger partial charge < -0.3 is 9.88 Å². The van der Waals surface area contributed by atoms with E-state index < -0.39 is 10.0 Å². The number of sulfonamides is 1. The molecule has 0 radical (unpaired) electrons. The Hall–Kier alpha value is -2.91. The summed E-state index contributed by atoms with van der Waals surface area (Å²) < 4.78 is 29.8. The van der Waals surface area contributed by atoms with Crippen molar-refractivity contribution in [1.29, 1.82) is 0 Å². The van der Waals surface area contributed by atoms with Crippen molar-refractivity contribution in [2.75, 3.05) is 11.9 Å². The minimum absolute atomic E-state index is 0.0811. The summed E-state index contributed by atoms with van der Waals surface area (Å²) in [5.41, 5.74) is 3.03. The Morgan fingerprint density at radius 2 is 1.90 bits per heavy atom. The van der Waals surface area contributed by atoms with E-state index in [9.17, 15) is 13.2 Å². The number of nitrogens with one attached hydrogen (secondary N) is 2. The van der Waals surface area contributed by atoms with Gasteiger partial charge in [-0.15, -0.1) is 11.3 Å². The highest BCUT2D eigenvalue weighted by Gasteiger charge is 2.20. The molecule has 7 nitrogen and oxygen atoms in total. The van der Waals surface area contributed by atoms with Crippen LogP contribution in [0.15, 0.2) is 57.7 Å². The Morgan fingerprint density at radius 1 is 1.13 bits per heavy atom. The molecule has 4 rings (SSSR count). The zero-order valence-electron chi connectivity index (χ0n) is 16.7. The van der Waals surface area contributed by atoms with E-state index in [0.717, 1.165) is 22.8 Å². The minimum atomic E-state index is -3.74. The standard InChI is InChI=1S/C21H22N4O3S2/c1-14-8-9-15(2)25(14)21-18(10-12-29-21)20(26)23-16-5-3-6-17(13-16)30(27,28)24-19-7-4-11-22-19/h3,5-6,8-10,12-13H,4,7,11H2,1-2H3,(H,22,24)(H,23,26). The van der Waals surface area contributed by atoms with Crippen LogP contribution < -0.4 is 10.0 Å². The molecule has 0 aliphatic carbocycles. The normalized spacial score (nSPS) is 13.9. The fourth-order valence-electron chi connectivity index (χ4n) is 3.41. The average molecular weight is 443 g/mol. The van der Waals surface area contributed by atoms with Crippen molar-refractivity contribution in [2.45, 2.75) is 31.6 Å². The molecule has 9 heteroatoms. The molecule has 0 unspecified atom stereocenters. The number of carbonyl (C=O) groups is 1. The van der Waals surface area contributed by atoms with Crippen molar-refractivity contribution in [3.63, 3.8) is 0 Å². The van der Waals surface area contributed by atoms with Gasteiger partial charge in [-0.2, -0.15) is 0 Å². The highest BCUT2D eigenvalue weighted by molar-refractivity contribution is 7.90. The Labute approximate surface area is 179 Å². The number of amides is 1. The fourth-order valence-corrected chi connectivity index (χ4v) is 5.56. The molecule has 3 heterocycles. The van der Waals surface area contributed by atoms with Crippen molar-refractivity contribution in [3.8, 4) is 5.00 Å². The van der Waals surface area contributed by atoms with E-state index in [2.05, 4.69) is 15.0 Å². The number of aryl methyl sites for hydroxylation is 2. The molecular weight excluding hydrogens is 420 g/mol. The number of amidine groups is 1. The third kappa shape index (κ3) is 4.03. The molecule has 0 fully saturated rings. The van der Waals surface area contributed by atoms with Crippen molar-refractivity contribution in [2.24, 2.45) is 4.99 Å². The van der Waals surface area contributed by atoms with Crippen LogP contribution in [0.5, 0.6) is 0 Å². The van der Waals surface area contributed by atoms with Gasteiger partial charge in [0.15, 0.2) is 0 Å². The number of aliphatic imine (C=N–C) groups is 1. The Bertz CT molecular complexity index is 1220. The average Bonchev–Trinajstić information content (AvgIpc) is 3.44. The molecule has 1 amide bonds. The van der Waals surface area contributed by atoms with E-state index in [0.29, 0.717) is 30.1 Å². The number of hydrogen-bond donors (Lipinski definition) is 2. The summed E-state index contributed by atoms with van der Waals surface area (Å²) in [4.78, 5) is 17.2. The fraction of sp³-hybridized carbons (Fsp3) is 0.238. The summed E-state index contributed by atoms with van der Waals surface area (Å²) in [6.45, 7) is 4.62. The van der Waals surface area contributed by atoms with Gasteiger partial charge in [0.05, 0.1) is 10.5 Å². The summed E-state index contributed by atoms with van der Waals surface area (Å²) in [5.74, 6) is 0.186. The predicted molar refractivity (Wildman–Crippen MR) is 119 cm³/mol. The zero-order chi connectivity index (χ0) is 21.3. The lowest BCUT2D eigenvalue weighted by molar-refractivity contribution is 0.102. The number of thiophene rings is 1. The first-order valence-electron chi connectivity index (χ1n) is 9.55. The van der Waals surface area contributed by atoms with E-state index in [1.165, 1.54) is 23.5 Å². The minimum Gasteiger partial charge on any atom is -0.322 e. The Morgan fingerprint density at radius 3 is 2.60 bits per heavy atom. The number of anilines is 1. The second-order valence-electron chi connectivity index (χ2n) is 7.11. The molecule has 0 saturated heterocycles. The summed E-state index contributed by atoms with van der Waals surface area (Å²) >= 11 is 1.48. The van der Waals surface area contributed by atoms with Gasteiger partial charge in [0.1, 0.15) is 10.8 Å². The molecule has 2 N–H and O–H groups in total. The van der Waals surface area contributed by atoms with Crippen LogP contribution in [0.2, 0.25) is 0 Å². The first-order chi connectivity index (χ1) is 14.3. The molecule has 30 heavy (non-hydrogen) atoms. The van der Waals surface area contributed by atoms with Gasteiger partial charge in [-0.25, -0.2) is 8.42 Å². The topological polar surface area (TPSA) is 92.6 Å². The van der Waals surface area contributed by atoms with Crippen molar-refractivity contribution >= 4 is 38.8 Å². The largest absolute Gasteiger partial charge is 0.322 e. The van der Waals surface area contributed by atoms with E-state index in [4.69, 9.17) is 0 Å². The lowest BCUT2D eigenvalue weighted by Crippen LogP contribution is -2.29. The second kappa shape index (κ2) is 8.08. The van der Waals surface area contributed by atoms with E-state index >= 15 is 0 Å². The Kier molecular flexibility index (Phi) is 5.48. The van der Waals surface area contributed by atoms with Crippen molar-refractivity contribution < 1.29 is 13.2 Å². The van der Waals surface area contributed by atoms with Crippen LogP contribution in [0.4, 0.5) is 5.69 Å². The SMILES string of the molecule is Cc1ccc(C)n1-c1sccc1C(=O)Nc1cccc(S(=O)(=O)NC2=NCCC2)c1. The van der Waals surface area contributed by atoms with Crippen LogP contribution in [0.1, 0.15) is 34.6 Å². The molecule has 0 saturated carbocycles.